The summed E-state index contributed by atoms with van der Waals surface area (Å²) in [4.78, 5) is 25.5. The van der Waals surface area contributed by atoms with Crippen molar-refractivity contribution < 1.29 is 14.3 Å². The van der Waals surface area contributed by atoms with Crippen LogP contribution in [0.2, 0.25) is 0 Å². The minimum atomic E-state index is -0.284. The van der Waals surface area contributed by atoms with E-state index in [1.54, 1.807) is 30.3 Å². The molecule has 0 aliphatic heterocycles. The summed E-state index contributed by atoms with van der Waals surface area (Å²) in [7, 11) is 1.53. The highest BCUT2D eigenvalue weighted by Crippen LogP contribution is 2.27. The van der Waals surface area contributed by atoms with Crippen LogP contribution in [-0.2, 0) is 9.59 Å². The van der Waals surface area contributed by atoms with Gasteiger partial charge in [0.2, 0.25) is 11.8 Å². The number of nitrogens with one attached hydrogen (secondary N) is 1. The number of halogens is 1. The van der Waals surface area contributed by atoms with Crippen LogP contribution in [0.15, 0.2) is 53.0 Å². The molecule has 0 fully saturated rings. The zero-order chi connectivity index (χ0) is 16.8. The number of methoxy groups -OCH3 is 1. The summed E-state index contributed by atoms with van der Waals surface area (Å²) >= 11 is 3.34. The summed E-state index contributed by atoms with van der Waals surface area (Å²) in [5.41, 5.74) is 1.23. The SMILES string of the molecule is COc1ccccc1N(CC(=O)Nc1ccc(Br)cc1)C(C)=O. The van der Waals surface area contributed by atoms with E-state index in [0.29, 0.717) is 17.1 Å². The van der Waals surface area contributed by atoms with Gasteiger partial charge in [0.05, 0.1) is 12.8 Å². The molecule has 0 bridgehead atoms. The first-order chi connectivity index (χ1) is 11.0. The number of ether oxygens (including phenoxy) is 1. The Balaban J connectivity index is 2.14. The maximum Gasteiger partial charge on any atom is 0.244 e. The average Bonchev–Trinajstić information content (AvgIpc) is 2.54. The quantitative estimate of drug-likeness (QED) is 0.869. The van der Waals surface area contributed by atoms with E-state index in [0.717, 1.165) is 4.47 Å². The van der Waals surface area contributed by atoms with E-state index < -0.39 is 0 Å². The van der Waals surface area contributed by atoms with Crippen LogP contribution >= 0.6 is 15.9 Å². The Morgan fingerprint density at radius 3 is 2.39 bits per heavy atom. The van der Waals surface area contributed by atoms with Gasteiger partial charge in [-0.25, -0.2) is 0 Å². The van der Waals surface area contributed by atoms with Crippen LogP contribution < -0.4 is 15.0 Å². The molecule has 0 atom stereocenters. The molecule has 0 spiro atoms. The molecule has 2 amide bonds. The number of para-hydroxylation sites is 2. The van der Waals surface area contributed by atoms with Crippen molar-refractivity contribution in [2.75, 3.05) is 23.9 Å². The highest BCUT2D eigenvalue weighted by Gasteiger charge is 2.19. The van der Waals surface area contributed by atoms with Gasteiger partial charge >= 0.3 is 0 Å². The molecule has 23 heavy (non-hydrogen) atoms. The maximum absolute atomic E-state index is 12.2. The van der Waals surface area contributed by atoms with E-state index in [-0.39, 0.29) is 18.4 Å². The number of nitrogens with zero attached hydrogens (tertiary/aromatic N) is 1. The second-order valence-electron chi connectivity index (χ2n) is 4.83. The van der Waals surface area contributed by atoms with E-state index in [4.69, 9.17) is 4.74 Å². The molecule has 0 aromatic heterocycles. The normalized spacial score (nSPS) is 10.0. The van der Waals surface area contributed by atoms with Gasteiger partial charge in [0.25, 0.3) is 0 Å². The molecule has 0 aliphatic rings. The summed E-state index contributed by atoms with van der Waals surface area (Å²) in [6, 6.07) is 14.3. The lowest BCUT2D eigenvalue weighted by Gasteiger charge is -2.22. The monoisotopic (exact) mass is 376 g/mol. The fraction of sp³-hybridized carbons (Fsp3) is 0.176. The summed E-state index contributed by atoms with van der Waals surface area (Å²) in [5.74, 6) is 0.0213. The van der Waals surface area contributed by atoms with Crippen molar-refractivity contribution in [1.29, 1.82) is 0 Å². The number of rotatable bonds is 5. The predicted molar refractivity (Wildman–Crippen MR) is 93.8 cm³/mol. The third-order valence-corrected chi connectivity index (χ3v) is 3.71. The van der Waals surface area contributed by atoms with E-state index in [9.17, 15) is 9.59 Å². The average molecular weight is 377 g/mol. The molecule has 1 N–H and O–H groups in total. The van der Waals surface area contributed by atoms with Crippen LogP contribution in [0.1, 0.15) is 6.92 Å². The Labute approximate surface area is 143 Å². The molecule has 5 nitrogen and oxygen atoms in total. The van der Waals surface area contributed by atoms with E-state index in [1.165, 1.54) is 18.9 Å². The number of carbonyl (C=O) groups excluding carboxylic acids is 2. The summed E-state index contributed by atoms with van der Waals surface area (Å²) in [6.45, 7) is 1.32. The van der Waals surface area contributed by atoms with E-state index in [2.05, 4.69) is 21.2 Å². The van der Waals surface area contributed by atoms with Crippen molar-refractivity contribution in [2.45, 2.75) is 6.92 Å². The van der Waals surface area contributed by atoms with Crippen LogP contribution in [0.5, 0.6) is 5.75 Å². The lowest BCUT2D eigenvalue weighted by molar-refractivity contribution is -0.120. The lowest BCUT2D eigenvalue weighted by Crippen LogP contribution is -2.36. The van der Waals surface area contributed by atoms with Gasteiger partial charge in [0.15, 0.2) is 0 Å². The maximum atomic E-state index is 12.2. The standard InChI is InChI=1S/C17H17BrN2O3/c1-12(21)20(15-5-3-4-6-16(15)23-2)11-17(22)19-14-9-7-13(18)8-10-14/h3-10H,11H2,1-2H3,(H,19,22). The first kappa shape index (κ1) is 17.0. The molecular weight excluding hydrogens is 360 g/mol. The van der Waals surface area contributed by atoms with Crippen molar-refractivity contribution in [3.8, 4) is 5.75 Å². The highest BCUT2D eigenvalue weighted by molar-refractivity contribution is 9.10. The second-order valence-corrected chi connectivity index (χ2v) is 5.75. The van der Waals surface area contributed by atoms with Gasteiger partial charge < -0.3 is 10.1 Å². The Hall–Kier alpha value is -2.34. The number of hydrogen-bond acceptors (Lipinski definition) is 3. The first-order valence-electron chi connectivity index (χ1n) is 6.98. The van der Waals surface area contributed by atoms with E-state index >= 15 is 0 Å². The van der Waals surface area contributed by atoms with Crippen LogP contribution in [-0.4, -0.2) is 25.5 Å². The summed E-state index contributed by atoms with van der Waals surface area (Å²) < 4.78 is 6.18. The molecule has 2 rings (SSSR count). The first-order valence-corrected chi connectivity index (χ1v) is 7.77. The molecule has 0 aliphatic carbocycles. The molecule has 2 aromatic carbocycles. The van der Waals surface area contributed by atoms with Gasteiger partial charge in [0, 0.05) is 17.1 Å². The highest BCUT2D eigenvalue weighted by atomic mass is 79.9. The summed E-state index contributed by atoms with van der Waals surface area (Å²) in [6.07, 6.45) is 0. The van der Waals surface area contributed by atoms with Crippen molar-refractivity contribution in [3.63, 3.8) is 0 Å². The topological polar surface area (TPSA) is 58.6 Å². The Morgan fingerprint density at radius 1 is 1.13 bits per heavy atom. The lowest BCUT2D eigenvalue weighted by atomic mass is 10.2. The molecular formula is C17H17BrN2O3. The minimum Gasteiger partial charge on any atom is -0.495 e. The van der Waals surface area contributed by atoms with Crippen LogP contribution in [0, 0.1) is 0 Å². The van der Waals surface area contributed by atoms with Crippen molar-refractivity contribution in [2.24, 2.45) is 0 Å². The van der Waals surface area contributed by atoms with Crippen LogP contribution in [0.4, 0.5) is 11.4 Å². The predicted octanol–water partition coefficient (Wildman–Crippen LogP) is 3.45. The Kier molecular flexibility index (Phi) is 5.76. The Morgan fingerprint density at radius 2 is 1.78 bits per heavy atom. The van der Waals surface area contributed by atoms with Gasteiger partial charge in [-0.3, -0.25) is 14.5 Å². The molecule has 2 aromatic rings. The van der Waals surface area contributed by atoms with Gasteiger partial charge in [-0.1, -0.05) is 28.1 Å². The van der Waals surface area contributed by atoms with Gasteiger partial charge in [0.1, 0.15) is 12.3 Å². The molecule has 0 heterocycles. The Bertz CT molecular complexity index is 701. The van der Waals surface area contributed by atoms with Gasteiger partial charge in [-0.15, -0.1) is 0 Å². The number of amides is 2. The third-order valence-electron chi connectivity index (χ3n) is 3.19. The van der Waals surface area contributed by atoms with Crippen LogP contribution in [0.3, 0.4) is 0 Å². The van der Waals surface area contributed by atoms with Crippen molar-refractivity contribution in [3.05, 3.63) is 53.0 Å². The second kappa shape index (κ2) is 7.78. The largest absolute Gasteiger partial charge is 0.495 e. The molecule has 0 radical (unpaired) electrons. The van der Waals surface area contributed by atoms with E-state index in [1.807, 2.05) is 18.2 Å². The number of anilines is 2. The molecule has 120 valence electrons. The van der Waals surface area contributed by atoms with Gasteiger partial charge in [-0.05, 0) is 36.4 Å². The van der Waals surface area contributed by atoms with Crippen LogP contribution in [0.25, 0.3) is 0 Å². The zero-order valence-corrected chi connectivity index (χ0v) is 14.5. The number of hydrogen-bond donors (Lipinski definition) is 1. The van der Waals surface area contributed by atoms with Gasteiger partial charge in [-0.2, -0.15) is 0 Å². The fourth-order valence-corrected chi connectivity index (χ4v) is 2.36. The smallest absolute Gasteiger partial charge is 0.244 e. The fourth-order valence-electron chi connectivity index (χ4n) is 2.10. The number of carbonyl (C=O) groups is 2. The minimum absolute atomic E-state index is 0.0915. The van der Waals surface area contributed by atoms with Crippen molar-refractivity contribution >= 4 is 39.1 Å². The molecule has 0 unspecified atom stereocenters. The third kappa shape index (κ3) is 4.56. The molecule has 0 saturated carbocycles. The molecule has 6 heteroatoms. The zero-order valence-electron chi connectivity index (χ0n) is 12.9. The van der Waals surface area contributed by atoms with Crippen molar-refractivity contribution in [1.82, 2.24) is 0 Å². The molecule has 0 saturated heterocycles. The summed E-state index contributed by atoms with van der Waals surface area (Å²) in [5, 5.41) is 2.77. The number of benzene rings is 2.